The molecule has 1 aliphatic rings. The predicted octanol–water partition coefficient (Wildman–Crippen LogP) is 3.64. The zero-order valence-electron chi connectivity index (χ0n) is 13.4. The summed E-state index contributed by atoms with van der Waals surface area (Å²) in [4.78, 5) is 8.84. The van der Waals surface area contributed by atoms with E-state index in [1.54, 1.807) is 0 Å². The van der Waals surface area contributed by atoms with Crippen molar-refractivity contribution in [3.63, 3.8) is 0 Å². The van der Waals surface area contributed by atoms with Crippen molar-refractivity contribution in [2.24, 2.45) is 10.7 Å². The van der Waals surface area contributed by atoms with Crippen LogP contribution in [0.5, 0.6) is 0 Å². The Kier molecular flexibility index (Phi) is 7.03. The van der Waals surface area contributed by atoms with E-state index < -0.39 is 0 Å². The predicted molar refractivity (Wildman–Crippen MR) is 113 cm³/mol. The lowest BCUT2D eigenvalue weighted by atomic mass is 9.96. The first-order valence-corrected chi connectivity index (χ1v) is 8.67. The topological polar surface area (TPSA) is 63.3 Å². The Balaban J connectivity index is 0.00000208. The molecule has 0 atom stereocenters. The maximum absolute atomic E-state index is 5.99. The molecule has 0 amide bonds. The summed E-state index contributed by atoms with van der Waals surface area (Å²) < 4.78 is 1.12. The number of benzene rings is 1. The molecule has 6 heteroatoms. The van der Waals surface area contributed by atoms with Crippen LogP contribution < -0.4 is 11.1 Å². The van der Waals surface area contributed by atoms with E-state index in [0.717, 1.165) is 29.7 Å². The van der Waals surface area contributed by atoms with Gasteiger partial charge in [0.1, 0.15) is 0 Å². The van der Waals surface area contributed by atoms with E-state index in [1.165, 1.54) is 18.4 Å². The van der Waals surface area contributed by atoms with Crippen LogP contribution in [0.25, 0.3) is 0 Å². The molecule has 128 valence electrons. The standard InChI is InChI=1S/C18H21BrN4.HI/c19-15-5-3-4-14(12-15)18(8-9-18)13-23-17(20)22-11-7-16-6-1-2-10-21-16;/h1-6,10,12H,7-9,11,13H2,(H3,20,22,23);1H. The normalized spacial score (nSPS) is 15.5. The minimum Gasteiger partial charge on any atom is -0.370 e. The Morgan fingerprint density at radius 2 is 2.08 bits per heavy atom. The highest BCUT2D eigenvalue weighted by molar-refractivity contribution is 14.0. The van der Waals surface area contributed by atoms with E-state index in [-0.39, 0.29) is 29.4 Å². The van der Waals surface area contributed by atoms with Crippen LogP contribution in [0.3, 0.4) is 0 Å². The number of aromatic nitrogens is 1. The van der Waals surface area contributed by atoms with Gasteiger partial charge in [-0.25, -0.2) is 0 Å². The lowest BCUT2D eigenvalue weighted by Crippen LogP contribution is -2.34. The van der Waals surface area contributed by atoms with Crippen LogP contribution in [0.4, 0.5) is 0 Å². The van der Waals surface area contributed by atoms with Crippen molar-refractivity contribution < 1.29 is 0 Å². The molecular weight excluding hydrogens is 479 g/mol. The van der Waals surface area contributed by atoms with E-state index in [1.807, 2.05) is 24.4 Å². The maximum atomic E-state index is 5.99. The molecule has 2 aromatic rings. The highest BCUT2D eigenvalue weighted by Gasteiger charge is 2.44. The Morgan fingerprint density at radius 3 is 2.75 bits per heavy atom. The van der Waals surface area contributed by atoms with Crippen LogP contribution in [0.15, 0.2) is 58.1 Å². The Hall–Kier alpha value is -1.15. The number of halogens is 2. The zero-order valence-corrected chi connectivity index (χ0v) is 17.3. The molecule has 1 saturated carbocycles. The summed E-state index contributed by atoms with van der Waals surface area (Å²) in [6.07, 6.45) is 5.00. The van der Waals surface area contributed by atoms with Crippen LogP contribution in [0.2, 0.25) is 0 Å². The van der Waals surface area contributed by atoms with E-state index in [4.69, 9.17) is 5.73 Å². The molecule has 1 fully saturated rings. The highest BCUT2D eigenvalue weighted by atomic mass is 127. The summed E-state index contributed by atoms with van der Waals surface area (Å²) in [7, 11) is 0. The fourth-order valence-corrected chi connectivity index (χ4v) is 3.06. The fraction of sp³-hybridized carbons (Fsp3) is 0.333. The number of nitrogens with one attached hydrogen (secondary N) is 1. The molecule has 3 N–H and O–H groups in total. The first-order valence-electron chi connectivity index (χ1n) is 7.88. The molecule has 0 saturated heterocycles. The largest absolute Gasteiger partial charge is 0.370 e. The molecule has 0 spiro atoms. The van der Waals surface area contributed by atoms with Gasteiger partial charge in [0.05, 0.1) is 6.54 Å². The number of nitrogens with zero attached hydrogens (tertiary/aromatic N) is 2. The summed E-state index contributed by atoms with van der Waals surface area (Å²) in [6.45, 7) is 1.49. The van der Waals surface area contributed by atoms with Gasteiger partial charge in [-0.3, -0.25) is 9.98 Å². The average Bonchev–Trinajstić information content (AvgIpc) is 3.35. The lowest BCUT2D eigenvalue weighted by Gasteiger charge is -2.14. The average molecular weight is 501 g/mol. The summed E-state index contributed by atoms with van der Waals surface area (Å²) in [5.74, 6) is 0.516. The summed E-state index contributed by atoms with van der Waals surface area (Å²) in [6, 6.07) is 14.4. The van der Waals surface area contributed by atoms with Gasteiger partial charge in [-0.05, 0) is 42.7 Å². The Bertz CT molecular complexity index is 686. The number of hydrogen-bond donors (Lipinski definition) is 2. The van der Waals surface area contributed by atoms with Gasteiger partial charge in [0, 0.05) is 34.7 Å². The van der Waals surface area contributed by atoms with E-state index >= 15 is 0 Å². The smallest absolute Gasteiger partial charge is 0.188 e. The molecule has 4 nitrogen and oxygen atoms in total. The SMILES string of the molecule is I.NC(=NCC1(c2cccc(Br)c2)CC1)NCCc1ccccn1. The number of hydrogen-bond acceptors (Lipinski definition) is 2. The summed E-state index contributed by atoms with van der Waals surface area (Å²) in [5, 5.41) is 3.17. The monoisotopic (exact) mass is 500 g/mol. The molecule has 1 aliphatic carbocycles. The van der Waals surface area contributed by atoms with Crippen LogP contribution in [0, 0.1) is 0 Å². The molecule has 0 aliphatic heterocycles. The first-order chi connectivity index (χ1) is 11.2. The minimum absolute atomic E-state index is 0. The van der Waals surface area contributed by atoms with Gasteiger partial charge in [0.25, 0.3) is 0 Å². The number of guanidine groups is 1. The molecule has 1 heterocycles. The van der Waals surface area contributed by atoms with Crippen molar-refractivity contribution in [2.45, 2.75) is 24.7 Å². The molecule has 3 rings (SSSR count). The third-order valence-corrected chi connectivity index (χ3v) is 4.75. The van der Waals surface area contributed by atoms with Crippen LogP contribution in [-0.4, -0.2) is 24.0 Å². The maximum Gasteiger partial charge on any atom is 0.188 e. The third-order valence-electron chi connectivity index (χ3n) is 4.26. The molecule has 0 radical (unpaired) electrons. The van der Waals surface area contributed by atoms with Crippen molar-refractivity contribution in [1.82, 2.24) is 10.3 Å². The zero-order chi connectivity index (χ0) is 16.1. The van der Waals surface area contributed by atoms with Gasteiger partial charge in [0.15, 0.2) is 5.96 Å². The molecule has 1 aromatic heterocycles. The summed E-state index contributed by atoms with van der Waals surface area (Å²) >= 11 is 3.54. The van der Waals surface area contributed by atoms with Gasteiger partial charge >= 0.3 is 0 Å². The summed E-state index contributed by atoms with van der Waals surface area (Å²) in [5.41, 5.74) is 8.57. The first kappa shape index (κ1) is 19.2. The van der Waals surface area contributed by atoms with Crippen LogP contribution in [-0.2, 0) is 11.8 Å². The third kappa shape index (κ3) is 5.17. The van der Waals surface area contributed by atoms with E-state index in [9.17, 15) is 0 Å². The van der Waals surface area contributed by atoms with Gasteiger partial charge in [-0.15, -0.1) is 24.0 Å². The molecule has 1 aromatic carbocycles. The number of rotatable bonds is 6. The Labute approximate surface area is 168 Å². The van der Waals surface area contributed by atoms with Crippen molar-refractivity contribution in [2.75, 3.05) is 13.1 Å². The van der Waals surface area contributed by atoms with Crippen molar-refractivity contribution in [3.8, 4) is 0 Å². The highest BCUT2D eigenvalue weighted by Crippen LogP contribution is 2.48. The quantitative estimate of drug-likeness (QED) is 0.361. The van der Waals surface area contributed by atoms with Gasteiger partial charge in [0.2, 0.25) is 0 Å². The van der Waals surface area contributed by atoms with Gasteiger partial charge < -0.3 is 11.1 Å². The minimum atomic E-state index is 0. The lowest BCUT2D eigenvalue weighted by molar-refractivity contribution is 0.698. The van der Waals surface area contributed by atoms with Gasteiger partial charge in [-0.2, -0.15) is 0 Å². The molecule has 0 bridgehead atoms. The number of aliphatic imine (C=N–C) groups is 1. The van der Waals surface area contributed by atoms with Crippen molar-refractivity contribution in [3.05, 3.63) is 64.4 Å². The molecule has 24 heavy (non-hydrogen) atoms. The number of nitrogens with two attached hydrogens (primary N) is 1. The fourth-order valence-electron chi connectivity index (χ4n) is 2.66. The van der Waals surface area contributed by atoms with E-state index in [0.29, 0.717) is 5.96 Å². The second-order valence-electron chi connectivity index (χ2n) is 5.99. The molecule has 0 unspecified atom stereocenters. The second-order valence-corrected chi connectivity index (χ2v) is 6.91. The van der Waals surface area contributed by atoms with Crippen molar-refractivity contribution in [1.29, 1.82) is 0 Å². The van der Waals surface area contributed by atoms with Crippen molar-refractivity contribution >= 4 is 45.9 Å². The molecular formula is C18H22BrIN4. The Morgan fingerprint density at radius 1 is 1.25 bits per heavy atom. The van der Waals surface area contributed by atoms with Crippen LogP contribution in [0.1, 0.15) is 24.1 Å². The van der Waals surface area contributed by atoms with Gasteiger partial charge in [-0.1, -0.05) is 34.1 Å². The van der Waals surface area contributed by atoms with Crippen LogP contribution >= 0.6 is 39.9 Å². The second kappa shape index (κ2) is 8.80. The van der Waals surface area contributed by atoms with E-state index in [2.05, 4.69) is 55.5 Å². The number of pyridine rings is 1.